The zero-order chi connectivity index (χ0) is 7.40. The molecule has 0 fully saturated rings. The second kappa shape index (κ2) is 2.47. The van der Waals surface area contributed by atoms with E-state index in [0.29, 0.717) is 18.7 Å². The van der Waals surface area contributed by atoms with Gasteiger partial charge in [0.25, 0.3) is 0 Å². The summed E-state index contributed by atoms with van der Waals surface area (Å²) in [6.07, 6.45) is 4.01. The van der Waals surface area contributed by atoms with Crippen molar-refractivity contribution in [2.75, 3.05) is 6.54 Å². The highest BCUT2D eigenvalue weighted by Gasteiger charge is 1.87. The van der Waals surface area contributed by atoms with Gasteiger partial charge >= 0.3 is 0 Å². The van der Waals surface area contributed by atoms with E-state index in [4.69, 9.17) is 2.82 Å². The molecule has 1 aromatic rings. The molecule has 0 unspecified atom stereocenters. The highest BCUT2D eigenvalue weighted by Crippen LogP contribution is 1.88. The summed E-state index contributed by atoms with van der Waals surface area (Å²) in [5, 5.41) is 0. The molecule has 1 aromatic heterocycles. The van der Waals surface area contributed by atoms with Crippen molar-refractivity contribution in [2.24, 2.45) is 5.72 Å². The maximum Gasteiger partial charge on any atom is 0.118 e. The van der Waals surface area contributed by atoms with Crippen LogP contribution in [0.1, 0.15) is 5.69 Å². The second-order valence-electron chi connectivity index (χ2n) is 1.53. The number of nitrogens with two attached hydrogens (primary N) is 1. The molecule has 3 heteroatoms. The summed E-state index contributed by atoms with van der Waals surface area (Å²) >= 11 is 0. The summed E-state index contributed by atoms with van der Waals surface area (Å²) in [5.74, 6) is 0. The lowest BCUT2D eigenvalue weighted by atomic mass is 10.3. The summed E-state index contributed by atoms with van der Waals surface area (Å²) in [4.78, 5) is 6.74. The van der Waals surface area contributed by atoms with Gasteiger partial charge in [-0.25, -0.2) is 4.98 Å². The molecule has 3 N–H and O–H groups in total. The lowest BCUT2D eigenvalue weighted by Crippen LogP contribution is -2.02. The number of aromatic nitrogens is 2. The van der Waals surface area contributed by atoms with Gasteiger partial charge in [0.05, 0.1) is 12.0 Å². The Morgan fingerprint density at radius 1 is 2.00 bits per heavy atom. The topological polar surface area (TPSA) is 54.7 Å². The van der Waals surface area contributed by atoms with Gasteiger partial charge < -0.3 is 10.7 Å². The number of rotatable bonds is 3. The molecule has 0 aliphatic rings. The molecule has 0 saturated carbocycles. The molecule has 8 heavy (non-hydrogen) atoms. The predicted molar refractivity (Wildman–Crippen MR) is 31.3 cm³/mol. The third kappa shape index (κ3) is 1.07. The van der Waals surface area contributed by atoms with Gasteiger partial charge in [-0.1, -0.05) is 0 Å². The second-order valence-corrected chi connectivity index (χ2v) is 1.53. The van der Waals surface area contributed by atoms with E-state index in [-0.39, 0.29) is 0 Å². The van der Waals surface area contributed by atoms with Crippen molar-refractivity contribution in [1.82, 2.24) is 9.97 Å². The predicted octanol–water partition coefficient (Wildman–Crippen LogP) is -0.0891. The van der Waals surface area contributed by atoms with Crippen molar-refractivity contribution >= 4 is 0 Å². The maximum atomic E-state index is 6.74. The largest absolute Gasteiger partial charge is 0.351 e. The number of hydrogen-bond donors (Lipinski definition) is 2. The van der Waals surface area contributed by atoms with E-state index < -0.39 is 0 Å². The average Bonchev–Trinajstić information content (AvgIpc) is 2.34. The first kappa shape index (κ1) is 3.25. The van der Waals surface area contributed by atoms with E-state index in [1.807, 2.05) is 0 Å². The van der Waals surface area contributed by atoms with Crippen LogP contribution < -0.4 is 5.72 Å². The highest BCUT2D eigenvalue weighted by molar-refractivity contribution is 4.93. The van der Waals surface area contributed by atoms with Gasteiger partial charge in [0.15, 0.2) is 0 Å². The molecule has 1 rings (SSSR count). The molecular formula is C5H9N3. The molecular weight excluding hydrogens is 102 g/mol. The van der Waals surface area contributed by atoms with Crippen molar-refractivity contribution in [2.45, 2.75) is 6.42 Å². The first-order valence-corrected chi connectivity index (χ1v) is 2.52. The highest BCUT2D eigenvalue weighted by atomic mass is 14.9. The fourth-order valence-electron chi connectivity index (χ4n) is 0.542. The number of aromatic amines is 1. The molecule has 0 spiro atoms. The minimum Gasteiger partial charge on any atom is -0.351 e. The van der Waals surface area contributed by atoms with Crippen molar-refractivity contribution in [1.29, 1.82) is 0 Å². The summed E-state index contributed by atoms with van der Waals surface area (Å²) in [7, 11) is 0. The lowest BCUT2D eigenvalue weighted by Gasteiger charge is -1.85. The molecule has 0 aliphatic heterocycles. The third-order valence-corrected chi connectivity index (χ3v) is 0.923. The molecule has 0 aromatic carbocycles. The van der Waals surface area contributed by atoms with Gasteiger partial charge in [-0.3, -0.25) is 0 Å². The number of imidazole rings is 1. The number of nitrogens with one attached hydrogen (secondary N) is 1. The van der Waals surface area contributed by atoms with Gasteiger partial charge in [0, 0.05) is 12.6 Å². The van der Waals surface area contributed by atoms with Crippen LogP contribution in [0.25, 0.3) is 0 Å². The zero-order valence-electron chi connectivity index (χ0n) is 6.46. The van der Waals surface area contributed by atoms with Crippen LogP contribution in [-0.4, -0.2) is 16.5 Å². The van der Waals surface area contributed by atoms with Crippen molar-refractivity contribution in [3.05, 3.63) is 18.2 Å². The van der Waals surface area contributed by atoms with E-state index in [9.17, 15) is 0 Å². The fourth-order valence-corrected chi connectivity index (χ4v) is 0.542. The van der Waals surface area contributed by atoms with Gasteiger partial charge in [0.1, 0.15) is 2.82 Å². The molecule has 0 aliphatic carbocycles. The Morgan fingerprint density at radius 2 is 3.00 bits per heavy atom. The van der Waals surface area contributed by atoms with Crippen LogP contribution in [0.4, 0.5) is 0 Å². The Kier molecular flexibility index (Phi) is 1.00. The quantitative estimate of drug-likeness (QED) is 0.575. The van der Waals surface area contributed by atoms with Crippen LogP contribution in [0, 0.1) is 0 Å². The molecule has 44 valence electrons. The van der Waals surface area contributed by atoms with Crippen LogP contribution in [0.5, 0.6) is 0 Å². The monoisotopic (exact) mass is 113 g/mol. The van der Waals surface area contributed by atoms with Gasteiger partial charge in [-0.2, -0.15) is 0 Å². The molecule has 1 heterocycles. The molecule has 0 saturated heterocycles. The molecule has 0 radical (unpaired) electrons. The Morgan fingerprint density at radius 3 is 3.62 bits per heavy atom. The van der Waals surface area contributed by atoms with Crippen LogP contribution in [0.2, 0.25) is 2.82 Å². The third-order valence-electron chi connectivity index (χ3n) is 0.923. The molecule has 0 amide bonds. The van der Waals surface area contributed by atoms with Gasteiger partial charge in [-0.05, 0) is 6.54 Å². The van der Waals surface area contributed by atoms with Gasteiger partial charge in [0.2, 0.25) is 0 Å². The number of hydrogen-bond acceptors (Lipinski definition) is 2. The van der Waals surface area contributed by atoms with Crippen molar-refractivity contribution in [3.63, 3.8) is 0 Å². The fraction of sp³-hybridized carbons (Fsp3) is 0.400. The molecule has 0 bridgehead atoms. The Labute approximate surface area is 50.9 Å². The van der Waals surface area contributed by atoms with Crippen LogP contribution >= 0.6 is 0 Å². The van der Waals surface area contributed by atoms with Crippen molar-refractivity contribution in [3.8, 4) is 0 Å². The Hall–Kier alpha value is -0.830. The van der Waals surface area contributed by atoms with E-state index >= 15 is 0 Å². The van der Waals surface area contributed by atoms with E-state index in [1.54, 1.807) is 12.5 Å². The first-order valence-electron chi connectivity index (χ1n) is 3.41. The average molecular weight is 113 g/mol. The van der Waals surface area contributed by atoms with Crippen LogP contribution in [0.3, 0.4) is 0 Å². The minimum absolute atomic E-state index is 0.394. The Balaban J connectivity index is 2.28. The van der Waals surface area contributed by atoms with Crippen LogP contribution in [0.15, 0.2) is 12.5 Å². The summed E-state index contributed by atoms with van der Waals surface area (Å²) in [6.45, 7) is 0.394. The minimum atomic E-state index is 0.394. The zero-order valence-corrected chi connectivity index (χ0v) is 4.46. The standard InChI is InChI=1S/C5H9N3/c6-2-1-5-3-7-4-8-5/h3-4H,1-2,6H2,(H,7,8)/i/hD2. The number of H-pyrrole nitrogens is 1. The smallest absolute Gasteiger partial charge is 0.118 e. The summed E-state index contributed by atoms with van der Waals surface area (Å²) in [6, 6.07) is 0. The normalized spacial score (nSPS) is 13.6. The van der Waals surface area contributed by atoms with E-state index in [0.717, 1.165) is 5.69 Å². The van der Waals surface area contributed by atoms with Gasteiger partial charge in [-0.15, -0.1) is 0 Å². The summed E-state index contributed by atoms with van der Waals surface area (Å²) in [5.41, 5.74) is 1.54. The van der Waals surface area contributed by atoms with Crippen LogP contribution in [-0.2, 0) is 6.42 Å². The Bertz CT molecular complexity index is 173. The first-order chi connectivity index (χ1) is 4.79. The molecule has 3 nitrogen and oxygen atoms in total. The lowest BCUT2D eigenvalue weighted by molar-refractivity contribution is 0.935. The number of nitrogens with zero attached hydrogens (tertiary/aromatic N) is 1. The maximum absolute atomic E-state index is 6.74. The summed E-state index contributed by atoms with van der Waals surface area (Å²) < 4.78 is 13.5. The van der Waals surface area contributed by atoms with E-state index in [1.165, 1.54) is 0 Å². The SMILES string of the molecule is [2H]N([2H])CCc1c[nH]cn1. The molecule has 0 atom stereocenters. The van der Waals surface area contributed by atoms with E-state index in [2.05, 4.69) is 9.97 Å². The van der Waals surface area contributed by atoms with Crippen molar-refractivity contribution < 1.29 is 2.82 Å².